The number of rotatable bonds is 3. The van der Waals surface area contributed by atoms with Crippen molar-refractivity contribution in [1.29, 1.82) is 0 Å². The highest BCUT2D eigenvalue weighted by Gasteiger charge is 2.23. The molecule has 1 N–H and O–H groups in total. The number of benzene rings is 1. The third kappa shape index (κ3) is 2.80. The molecule has 1 unspecified atom stereocenters. The second kappa shape index (κ2) is 6.43. The summed E-state index contributed by atoms with van der Waals surface area (Å²) in [6, 6.07) is 6.12. The molecule has 0 spiro atoms. The van der Waals surface area contributed by atoms with Crippen LogP contribution in [0.4, 0.5) is 0 Å². The lowest BCUT2D eigenvalue weighted by Gasteiger charge is -2.35. The van der Waals surface area contributed by atoms with Gasteiger partial charge in [0.05, 0.1) is 10.5 Å². The zero-order chi connectivity index (χ0) is 15.7. The minimum Gasteiger partial charge on any atom is -0.357 e. The SMILES string of the molecule is CCC1CCCCN1Cc1c(C)[nH]c2c(Cl)cccc2c1=O. The Kier molecular flexibility index (Phi) is 4.55. The van der Waals surface area contributed by atoms with Gasteiger partial charge in [0.25, 0.3) is 0 Å². The first kappa shape index (κ1) is 15.6. The van der Waals surface area contributed by atoms with Gasteiger partial charge in [-0.3, -0.25) is 9.69 Å². The van der Waals surface area contributed by atoms with E-state index in [1.165, 1.54) is 19.3 Å². The molecular formula is C18H23ClN2O. The third-order valence-corrected chi connectivity index (χ3v) is 5.19. The average molecular weight is 319 g/mol. The average Bonchev–Trinajstić information content (AvgIpc) is 2.53. The number of pyridine rings is 1. The van der Waals surface area contributed by atoms with E-state index < -0.39 is 0 Å². The zero-order valence-corrected chi connectivity index (χ0v) is 14.0. The Morgan fingerprint density at radius 1 is 1.36 bits per heavy atom. The molecular weight excluding hydrogens is 296 g/mol. The highest BCUT2D eigenvalue weighted by atomic mass is 35.5. The van der Waals surface area contributed by atoms with Crippen LogP contribution in [-0.2, 0) is 6.54 Å². The zero-order valence-electron chi connectivity index (χ0n) is 13.3. The minimum absolute atomic E-state index is 0.120. The van der Waals surface area contributed by atoms with Crippen LogP contribution in [0.1, 0.15) is 43.9 Å². The van der Waals surface area contributed by atoms with Gasteiger partial charge >= 0.3 is 0 Å². The molecule has 0 saturated carbocycles. The molecule has 22 heavy (non-hydrogen) atoms. The largest absolute Gasteiger partial charge is 0.357 e. The van der Waals surface area contributed by atoms with Crippen molar-refractivity contribution in [2.24, 2.45) is 0 Å². The molecule has 2 heterocycles. The number of para-hydroxylation sites is 1. The number of hydrogen-bond acceptors (Lipinski definition) is 2. The lowest BCUT2D eigenvalue weighted by Crippen LogP contribution is -2.39. The number of hydrogen-bond donors (Lipinski definition) is 1. The van der Waals surface area contributed by atoms with Crippen molar-refractivity contribution < 1.29 is 0 Å². The van der Waals surface area contributed by atoms with E-state index in [4.69, 9.17) is 11.6 Å². The van der Waals surface area contributed by atoms with Crippen molar-refractivity contribution in [1.82, 2.24) is 9.88 Å². The minimum atomic E-state index is 0.120. The van der Waals surface area contributed by atoms with Crippen molar-refractivity contribution >= 4 is 22.5 Å². The summed E-state index contributed by atoms with van der Waals surface area (Å²) < 4.78 is 0. The molecule has 0 bridgehead atoms. The maximum Gasteiger partial charge on any atom is 0.194 e. The predicted octanol–water partition coefficient (Wildman–Crippen LogP) is 4.25. The van der Waals surface area contributed by atoms with Crippen LogP contribution >= 0.6 is 11.6 Å². The van der Waals surface area contributed by atoms with Crippen molar-refractivity contribution in [3.8, 4) is 0 Å². The molecule has 3 rings (SSSR count). The van der Waals surface area contributed by atoms with Crippen LogP contribution in [0.25, 0.3) is 10.9 Å². The highest BCUT2D eigenvalue weighted by molar-refractivity contribution is 6.35. The lowest BCUT2D eigenvalue weighted by atomic mass is 9.98. The van der Waals surface area contributed by atoms with Crippen LogP contribution in [0, 0.1) is 6.92 Å². The number of nitrogens with one attached hydrogen (secondary N) is 1. The first-order valence-corrected chi connectivity index (χ1v) is 8.53. The third-order valence-electron chi connectivity index (χ3n) is 4.88. The highest BCUT2D eigenvalue weighted by Crippen LogP contribution is 2.24. The van der Waals surface area contributed by atoms with Gasteiger partial charge in [0.1, 0.15) is 0 Å². The van der Waals surface area contributed by atoms with Crippen molar-refractivity contribution in [2.45, 2.75) is 52.1 Å². The molecule has 118 valence electrons. The Bertz CT molecular complexity index is 738. The summed E-state index contributed by atoms with van der Waals surface area (Å²) in [5, 5.41) is 1.30. The lowest BCUT2D eigenvalue weighted by molar-refractivity contribution is 0.135. The van der Waals surface area contributed by atoms with E-state index in [1.54, 1.807) is 0 Å². The van der Waals surface area contributed by atoms with Crippen molar-refractivity contribution in [2.75, 3.05) is 6.54 Å². The molecule has 1 aromatic carbocycles. The quantitative estimate of drug-likeness (QED) is 0.918. The normalized spacial score (nSPS) is 19.7. The standard InChI is InChI=1S/C18H23ClN2O/c1-3-13-7-4-5-10-21(13)11-15-12(2)20-17-14(18(15)22)8-6-9-16(17)19/h6,8-9,13H,3-5,7,10-11H2,1-2H3,(H,20,22). The Morgan fingerprint density at radius 2 is 2.18 bits per heavy atom. The Balaban J connectivity index is 2.02. The molecule has 0 radical (unpaired) electrons. The number of aromatic amines is 1. The summed E-state index contributed by atoms with van der Waals surface area (Å²) in [6.45, 7) is 6.04. The predicted molar refractivity (Wildman–Crippen MR) is 92.7 cm³/mol. The summed E-state index contributed by atoms with van der Waals surface area (Å²) in [4.78, 5) is 18.7. The molecule has 1 aliphatic rings. The Hall–Kier alpha value is -1.32. The van der Waals surface area contributed by atoms with Gasteiger partial charge in [0.2, 0.25) is 0 Å². The van der Waals surface area contributed by atoms with Gasteiger partial charge in [-0.1, -0.05) is 31.0 Å². The molecule has 1 saturated heterocycles. The number of H-pyrrole nitrogens is 1. The van der Waals surface area contributed by atoms with E-state index in [0.717, 1.165) is 36.3 Å². The number of fused-ring (bicyclic) bond motifs is 1. The molecule has 1 aromatic heterocycles. The number of piperidine rings is 1. The molecule has 4 heteroatoms. The van der Waals surface area contributed by atoms with Crippen LogP contribution in [-0.4, -0.2) is 22.5 Å². The van der Waals surface area contributed by atoms with Crippen LogP contribution in [0.5, 0.6) is 0 Å². The fourth-order valence-electron chi connectivity index (χ4n) is 3.56. The fourth-order valence-corrected chi connectivity index (χ4v) is 3.78. The van der Waals surface area contributed by atoms with Gasteiger partial charge < -0.3 is 4.98 Å². The Labute approximate surface area is 136 Å². The summed E-state index contributed by atoms with van der Waals surface area (Å²) in [7, 11) is 0. The summed E-state index contributed by atoms with van der Waals surface area (Å²) >= 11 is 6.21. The molecule has 1 atom stereocenters. The van der Waals surface area contributed by atoms with Crippen molar-refractivity contribution in [3.05, 3.63) is 44.7 Å². The van der Waals surface area contributed by atoms with Gasteiger partial charge in [-0.25, -0.2) is 0 Å². The number of aromatic nitrogens is 1. The first-order chi connectivity index (χ1) is 10.6. The second-order valence-electron chi connectivity index (χ2n) is 6.25. The van der Waals surface area contributed by atoms with Gasteiger partial charge in [-0.05, 0) is 44.9 Å². The maximum absolute atomic E-state index is 12.9. The van der Waals surface area contributed by atoms with E-state index >= 15 is 0 Å². The molecule has 1 fully saturated rings. The maximum atomic E-state index is 12.9. The van der Waals surface area contributed by atoms with E-state index in [0.29, 0.717) is 16.5 Å². The number of aryl methyl sites for hydroxylation is 1. The molecule has 0 aliphatic carbocycles. The molecule has 2 aromatic rings. The van der Waals surface area contributed by atoms with E-state index in [1.807, 2.05) is 25.1 Å². The molecule has 3 nitrogen and oxygen atoms in total. The van der Waals surface area contributed by atoms with E-state index in [-0.39, 0.29) is 5.43 Å². The summed E-state index contributed by atoms with van der Waals surface area (Å²) in [6.07, 6.45) is 4.92. The van der Waals surface area contributed by atoms with Crippen LogP contribution in [0.3, 0.4) is 0 Å². The van der Waals surface area contributed by atoms with Crippen LogP contribution in [0.2, 0.25) is 5.02 Å². The number of likely N-dealkylation sites (tertiary alicyclic amines) is 1. The van der Waals surface area contributed by atoms with Gasteiger partial charge in [-0.2, -0.15) is 0 Å². The smallest absolute Gasteiger partial charge is 0.194 e. The monoisotopic (exact) mass is 318 g/mol. The fraction of sp³-hybridized carbons (Fsp3) is 0.500. The topological polar surface area (TPSA) is 36.1 Å². The molecule has 1 aliphatic heterocycles. The molecule has 0 amide bonds. The number of nitrogens with zero attached hydrogens (tertiary/aromatic N) is 1. The first-order valence-electron chi connectivity index (χ1n) is 8.15. The Morgan fingerprint density at radius 3 is 2.95 bits per heavy atom. The van der Waals surface area contributed by atoms with Crippen molar-refractivity contribution in [3.63, 3.8) is 0 Å². The number of halogens is 1. The van der Waals surface area contributed by atoms with Gasteiger partial charge in [-0.15, -0.1) is 0 Å². The van der Waals surface area contributed by atoms with Crippen LogP contribution in [0.15, 0.2) is 23.0 Å². The van der Waals surface area contributed by atoms with E-state index in [2.05, 4.69) is 16.8 Å². The van der Waals surface area contributed by atoms with Gasteiger partial charge in [0.15, 0.2) is 5.43 Å². The van der Waals surface area contributed by atoms with E-state index in [9.17, 15) is 4.79 Å². The summed E-state index contributed by atoms with van der Waals surface area (Å²) in [5.74, 6) is 0. The van der Waals surface area contributed by atoms with Crippen LogP contribution < -0.4 is 5.43 Å². The van der Waals surface area contributed by atoms with Gasteiger partial charge in [0, 0.05) is 29.2 Å². The second-order valence-corrected chi connectivity index (χ2v) is 6.66. The summed E-state index contributed by atoms with van der Waals surface area (Å²) in [5.41, 5.74) is 2.69.